The van der Waals surface area contributed by atoms with E-state index in [1.165, 1.54) is 18.2 Å². The second-order valence-electron chi connectivity index (χ2n) is 4.28. The number of urea groups is 1. The number of para-hydroxylation sites is 1. The highest BCUT2D eigenvalue weighted by Crippen LogP contribution is 2.24. The molecule has 5 nitrogen and oxygen atoms in total. The van der Waals surface area contributed by atoms with Crippen LogP contribution >= 0.6 is 11.6 Å². The van der Waals surface area contributed by atoms with Crippen molar-refractivity contribution < 1.29 is 19.1 Å². The molecule has 1 atom stereocenters. The lowest BCUT2D eigenvalue weighted by molar-refractivity contribution is -0.137. The van der Waals surface area contributed by atoms with Crippen molar-refractivity contribution in [2.45, 2.75) is 32.2 Å². The highest BCUT2D eigenvalue weighted by Gasteiger charge is 2.17. The number of nitrogens with one attached hydrogen (secondary N) is 2. The Morgan fingerprint density at radius 2 is 2.15 bits per heavy atom. The minimum absolute atomic E-state index is 0.0745. The number of benzene rings is 1. The molecule has 0 aliphatic carbocycles. The monoisotopic (exact) mass is 302 g/mol. The van der Waals surface area contributed by atoms with E-state index in [-0.39, 0.29) is 17.1 Å². The SMILES string of the molecule is CCCC(CC(=O)O)NC(=O)Nc1c(F)cccc1Cl. The van der Waals surface area contributed by atoms with Gasteiger partial charge in [-0.1, -0.05) is 31.0 Å². The zero-order chi connectivity index (χ0) is 15.1. The van der Waals surface area contributed by atoms with Crippen molar-refractivity contribution in [3.05, 3.63) is 29.0 Å². The summed E-state index contributed by atoms with van der Waals surface area (Å²) in [6.07, 6.45) is 1.05. The lowest BCUT2D eigenvalue weighted by Gasteiger charge is -2.17. The number of hydrogen-bond donors (Lipinski definition) is 3. The first-order valence-corrected chi connectivity index (χ1v) is 6.55. The summed E-state index contributed by atoms with van der Waals surface area (Å²) in [4.78, 5) is 22.4. The molecule has 0 bridgehead atoms. The van der Waals surface area contributed by atoms with E-state index in [2.05, 4.69) is 10.6 Å². The molecular formula is C13H16ClFN2O3. The largest absolute Gasteiger partial charge is 0.481 e. The van der Waals surface area contributed by atoms with Crippen LogP contribution in [0.5, 0.6) is 0 Å². The van der Waals surface area contributed by atoms with Gasteiger partial charge in [-0.2, -0.15) is 0 Å². The van der Waals surface area contributed by atoms with Gasteiger partial charge in [-0.05, 0) is 18.6 Å². The molecule has 1 rings (SSSR count). The molecule has 7 heteroatoms. The van der Waals surface area contributed by atoms with E-state index in [4.69, 9.17) is 16.7 Å². The number of hydrogen-bond acceptors (Lipinski definition) is 2. The molecule has 1 unspecified atom stereocenters. The van der Waals surface area contributed by atoms with Crippen molar-refractivity contribution in [1.82, 2.24) is 5.32 Å². The minimum Gasteiger partial charge on any atom is -0.481 e. The number of halogens is 2. The normalized spacial score (nSPS) is 11.8. The van der Waals surface area contributed by atoms with Crippen LogP contribution < -0.4 is 10.6 Å². The molecule has 0 heterocycles. The molecule has 0 spiro atoms. The van der Waals surface area contributed by atoms with E-state index in [1.54, 1.807) is 0 Å². The van der Waals surface area contributed by atoms with E-state index in [0.717, 1.165) is 6.42 Å². The van der Waals surface area contributed by atoms with Gasteiger partial charge in [-0.3, -0.25) is 4.79 Å². The average molecular weight is 303 g/mol. The maximum Gasteiger partial charge on any atom is 0.319 e. The predicted octanol–water partition coefficient (Wildman–Crippen LogP) is 3.24. The highest BCUT2D eigenvalue weighted by atomic mass is 35.5. The molecule has 0 radical (unpaired) electrons. The fraction of sp³-hybridized carbons (Fsp3) is 0.385. The summed E-state index contributed by atoms with van der Waals surface area (Å²) < 4.78 is 13.5. The number of carbonyl (C=O) groups excluding carboxylic acids is 1. The molecule has 0 aliphatic heterocycles. The lowest BCUT2D eigenvalue weighted by atomic mass is 10.1. The van der Waals surface area contributed by atoms with Gasteiger partial charge >= 0.3 is 12.0 Å². The van der Waals surface area contributed by atoms with Crippen molar-refractivity contribution in [2.24, 2.45) is 0 Å². The lowest BCUT2D eigenvalue weighted by Crippen LogP contribution is -2.39. The third kappa shape index (κ3) is 5.05. The second kappa shape index (κ2) is 7.69. The van der Waals surface area contributed by atoms with Crippen LogP contribution in [-0.4, -0.2) is 23.1 Å². The smallest absolute Gasteiger partial charge is 0.319 e. The molecule has 0 saturated carbocycles. The van der Waals surface area contributed by atoms with E-state index < -0.39 is 23.9 Å². The molecule has 0 aliphatic rings. The number of rotatable bonds is 6. The number of amides is 2. The molecule has 1 aromatic rings. The summed E-state index contributed by atoms with van der Waals surface area (Å²) in [6.45, 7) is 1.88. The van der Waals surface area contributed by atoms with Gasteiger partial charge < -0.3 is 15.7 Å². The van der Waals surface area contributed by atoms with Gasteiger partial charge in [0.15, 0.2) is 0 Å². The van der Waals surface area contributed by atoms with E-state index in [9.17, 15) is 14.0 Å². The topological polar surface area (TPSA) is 78.4 Å². The van der Waals surface area contributed by atoms with Crippen LogP contribution in [-0.2, 0) is 4.79 Å². The van der Waals surface area contributed by atoms with Gasteiger partial charge in [0.2, 0.25) is 0 Å². The van der Waals surface area contributed by atoms with Crippen LogP contribution in [0.1, 0.15) is 26.2 Å². The Hall–Kier alpha value is -1.82. The van der Waals surface area contributed by atoms with Crippen LogP contribution in [0.25, 0.3) is 0 Å². The number of carboxylic acid groups (broad SMARTS) is 1. The van der Waals surface area contributed by atoms with Gasteiger partial charge in [-0.25, -0.2) is 9.18 Å². The third-order valence-electron chi connectivity index (χ3n) is 2.59. The number of anilines is 1. The second-order valence-corrected chi connectivity index (χ2v) is 4.69. The van der Waals surface area contributed by atoms with E-state index >= 15 is 0 Å². The minimum atomic E-state index is -1.01. The quantitative estimate of drug-likeness (QED) is 0.755. The predicted molar refractivity (Wildman–Crippen MR) is 74.5 cm³/mol. The van der Waals surface area contributed by atoms with Crippen LogP contribution in [0.3, 0.4) is 0 Å². The van der Waals surface area contributed by atoms with Crippen LogP contribution in [0.4, 0.5) is 14.9 Å². The molecule has 0 saturated heterocycles. The van der Waals surface area contributed by atoms with Crippen molar-refractivity contribution in [2.75, 3.05) is 5.32 Å². The molecule has 0 fully saturated rings. The number of carboxylic acids is 1. The fourth-order valence-corrected chi connectivity index (χ4v) is 1.95. The molecule has 2 amide bonds. The Bertz CT molecular complexity index is 476. The zero-order valence-electron chi connectivity index (χ0n) is 11.0. The summed E-state index contributed by atoms with van der Waals surface area (Å²) >= 11 is 5.78. The molecule has 20 heavy (non-hydrogen) atoms. The van der Waals surface area contributed by atoms with Crippen molar-refractivity contribution in [3.63, 3.8) is 0 Å². The Morgan fingerprint density at radius 1 is 1.45 bits per heavy atom. The molecule has 1 aromatic carbocycles. The number of carbonyl (C=O) groups is 2. The molecule has 3 N–H and O–H groups in total. The molecular weight excluding hydrogens is 287 g/mol. The Morgan fingerprint density at radius 3 is 2.70 bits per heavy atom. The van der Waals surface area contributed by atoms with Crippen molar-refractivity contribution in [1.29, 1.82) is 0 Å². The average Bonchev–Trinajstić information content (AvgIpc) is 2.33. The molecule has 110 valence electrons. The Kier molecular flexibility index (Phi) is 6.24. The maximum atomic E-state index is 13.5. The zero-order valence-corrected chi connectivity index (χ0v) is 11.7. The molecule has 0 aromatic heterocycles. The van der Waals surface area contributed by atoms with Gasteiger partial charge in [0.1, 0.15) is 5.82 Å². The van der Waals surface area contributed by atoms with Crippen molar-refractivity contribution >= 4 is 29.3 Å². The first kappa shape index (κ1) is 16.2. The van der Waals surface area contributed by atoms with Gasteiger partial charge in [0, 0.05) is 6.04 Å². The Labute approximate surface area is 121 Å². The van der Waals surface area contributed by atoms with Gasteiger partial charge in [0.05, 0.1) is 17.1 Å². The summed E-state index contributed by atoms with van der Waals surface area (Å²) in [5, 5.41) is 13.6. The summed E-state index contributed by atoms with van der Waals surface area (Å²) in [6, 6.07) is 2.84. The summed E-state index contributed by atoms with van der Waals surface area (Å²) in [5.41, 5.74) is -0.128. The van der Waals surface area contributed by atoms with Crippen LogP contribution in [0.2, 0.25) is 5.02 Å². The van der Waals surface area contributed by atoms with E-state index in [0.29, 0.717) is 6.42 Å². The van der Waals surface area contributed by atoms with Gasteiger partial charge in [-0.15, -0.1) is 0 Å². The van der Waals surface area contributed by atoms with E-state index in [1.807, 2.05) is 6.92 Å². The first-order chi connectivity index (χ1) is 9.43. The van der Waals surface area contributed by atoms with Crippen LogP contribution in [0.15, 0.2) is 18.2 Å². The van der Waals surface area contributed by atoms with Crippen LogP contribution in [0, 0.1) is 5.82 Å². The third-order valence-corrected chi connectivity index (χ3v) is 2.91. The highest BCUT2D eigenvalue weighted by molar-refractivity contribution is 6.33. The van der Waals surface area contributed by atoms with Crippen molar-refractivity contribution in [3.8, 4) is 0 Å². The van der Waals surface area contributed by atoms with Gasteiger partial charge in [0.25, 0.3) is 0 Å². The number of aliphatic carboxylic acids is 1. The Balaban J connectivity index is 2.68. The summed E-state index contributed by atoms with van der Waals surface area (Å²) in [7, 11) is 0. The first-order valence-electron chi connectivity index (χ1n) is 6.17. The maximum absolute atomic E-state index is 13.5. The standard InChI is InChI=1S/C13H16ClFN2O3/c1-2-4-8(7-11(18)19)16-13(20)17-12-9(14)5-3-6-10(12)15/h3,5-6,8H,2,4,7H2,1H3,(H,18,19)(H2,16,17,20). The summed E-state index contributed by atoms with van der Waals surface area (Å²) in [5.74, 6) is -1.66. The fourth-order valence-electron chi connectivity index (χ4n) is 1.74.